The second-order valence-electron chi connectivity index (χ2n) is 3.81. The highest BCUT2D eigenvalue weighted by atomic mass is 19.2. The number of aliphatic hydroxyl groups excluding tert-OH is 1. The van der Waals surface area contributed by atoms with Gasteiger partial charge in [0.2, 0.25) is 0 Å². The van der Waals surface area contributed by atoms with Gasteiger partial charge in [-0.1, -0.05) is 0 Å². The summed E-state index contributed by atoms with van der Waals surface area (Å²) in [5, 5.41) is 8.84. The van der Waals surface area contributed by atoms with E-state index in [2.05, 4.69) is 0 Å². The smallest absolute Gasteiger partial charge is 0.164 e. The summed E-state index contributed by atoms with van der Waals surface area (Å²) in [7, 11) is 0. The highest BCUT2D eigenvalue weighted by Gasteiger charge is 2.23. The van der Waals surface area contributed by atoms with Crippen molar-refractivity contribution in [1.82, 2.24) is 0 Å². The Morgan fingerprint density at radius 1 is 1.27 bits per heavy atom. The van der Waals surface area contributed by atoms with Crippen LogP contribution in [0.3, 0.4) is 0 Å². The van der Waals surface area contributed by atoms with E-state index < -0.39 is 35.2 Å². The Morgan fingerprint density at radius 3 is 2.33 bits per heavy atom. The monoisotopic (exact) mass is 219 g/mol. The first-order chi connectivity index (χ1) is 6.87. The molecule has 0 radical (unpaired) electrons. The second-order valence-corrected chi connectivity index (χ2v) is 3.81. The van der Waals surface area contributed by atoms with E-state index in [1.807, 2.05) is 0 Å². The molecule has 0 aliphatic heterocycles. The molecule has 3 N–H and O–H groups in total. The largest absolute Gasteiger partial charge is 0.394 e. The average Bonchev–Trinajstić information content (AvgIpc) is 2.19. The van der Waals surface area contributed by atoms with Crippen LogP contribution in [-0.4, -0.2) is 17.3 Å². The van der Waals surface area contributed by atoms with Crippen LogP contribution in [-0.2, 0) is 6.42 Å². The predicted molar refractivity (Wildman–Crippen MR) is 49.7 cm³/mol. The first-order valence-electron chi connectivity index (χ1n) is 4.39. The molecule has 0 saturated heterocycles. The lowest BCUT2D eigenvalue weighted by molar-refractivity contribution is 0.205. The summed E-state index contributed by atoms with van der Waals surface area (Å²) in [5.74, 6) is -3.24. The third-order valence-corrected chi connectivity index (χ3v) is 2.08. The maximum atomic E-state index is 13.2. The Kier molecular flexibility index (Phi) is 3.36. The van der Waals surface area contributed by atoms with Crippen molar-refractivity contribution in [1.29, 1.82) is 0 Å². The normalized spacial score (nSPS) is 15.1. The van der Waals surface area contributed by atoms with E-state index >= 15 is 0 Å². The molecule has 0 fully saturated rings. The summed E-state index contributed by atoms with van der Waals surface area (Å²) in [5.41, 5.74) is 3.92. The van der Waals surface area contributed by atoms with Crippen molar-refractivity contribution in [2.75, 3.05) is 6.61 Å². The minimum absolute atomic E-state index is 0.265. The van der Waals surface area contributed by atoms with Crippen molar-refractivity contribution in [3.63, 3.8) is 0 Å². The van der Waals surface area contributed by atoms with Crippen LogP contribution in [0.4, 0.5) is 13.2 Å². The first kappa shape index (κ1) is 12.0. The van der Waals surface area contributed by atoms with Crippen molar-refractivity contribution >= 4 is 0 Å². The molecule has 0 saturated carbocycles. The molecule has 0 aliphatic rings. The van der Waals surface area contributed by atoms with Crippen LogP contribution in [0.5, 0.6) is 0 Å². The SMILES string of the molecule is CC(N)(CO)Cc1c(F)ccc(F)c1F. The van der Waals surface area contributed by atoms with Crippen molar-refractivity contribution in [3.05, 3.63) is 35.1 Å². The summed E-state index contributed by atoms with van der Waals surface area (Å²) in [4.78, 5) is 0. The molecule has 2 nitrogen and oxygen atoms in total. The molecule has 1 unspecified atom stereocenters. The number of aliphatic hydroxyl groups is 1. The van der Waals surface area contributed by atoms with Crippen molar-refractivity contribution < 1.29 is 18.3 Å². The number of benzene rings is 1. The first-order valence-corrected chi connectivity index (χ1v) is 4.39. The zero-order valence-electron chi connectivity index (χ0n) is 8.23. The summed E-state index contributed by atoms with van der Waals surface area (Å²) in [6.45, 7) is 0.985. The number of nitrogens with two attached hydrogens (primary N) is 1. The van der Waals surface area contributed by atoms with E-state index in [0.717, 1.165) is 6.07 Å². The molecular weight excluding hydrogens is 207 g/mol. The summed E-state index contributed by atoms with van der Waals surface area (Å²) in [6, 6.07) is 1.54. The molecule has 0 aliphatic carbocycles. The lowest BCUT2D eigenvalue weighted by Gasteiger charge is -2.22. The highest BCUT2D eigenvalue weighted by molar-refractivity contribution is 5.23. The van der Waals surface area contributed by atoms with Crippen LogP contribution in [0.1, 0.15) is 12.5 Å². The van der Waals surface area contributed by atoms with Crippen LogP contribution in [0.2, 0.25) is 0 Å². The molecule has 0 heterocycles. The lowest BCUT2D eigenvalue weighted by atomic mass is 9.94. The fourth-order valence-corrected chi connectivity index (χ4v) is 1.19. The van der Waals surface area contributed by atoms with Crippen molar-refractivity contribution in [2.45, 2.75) is 18.9 Å². The van der Waals surface area contributed by atoms with E-state index in [0.29, 0.717) is 6.07 Å². The molecule has 0 spiro atoms. The van der Waals surface area contributed by atoms with Gasteiger partial charge in [0.15, 0.2) is 11.6 Å². The summed E-state index contributed by atoms with van der Waals surface area (Å²) >= 11 is 0. The van der Waals surface area contributed by atoms with Gasteiger partial charge in [-0.15, -0.1) is 0 Å². The van der Waals surface area contributed by atoms with Gasteiger partial charge in [0.05, 0.1) is 6.61 Å². The molecule has 1 rings (SSSR count). The van der Waals surface area contributed by atoms with Crippen molar-refractivity contribution in [2.24, 2.45) is 5.73 Å². The fraction of sp³-hybridized carbons (Fsp3) is 0.400. The predicted octanol–water partition coefficient (Wildman–Crippen LogP) is 1.36. The second kappa shape index (κ2) is 4.20. The number of hydrogen-bond acceptors (Lipinski definition) is 2. The highest BCUT2D eigenvalue weighted by Crippen LogP contribution is 2.20. The van der Waals surface area contributed by atoms with Crippen LogP contribution in [0, 0.1) is 17.5 Å². The third kappa shape index (κ3) is 2.70. The zero-order chi connectivity index (χ0) is 11.6. The Bertz CT molecular complexity index is 366. The maximum Gasteiger partial charge on any atom is 0.164 e. The standard InChI is InChI=1S/C10H12F3NO/c1-10(14,5-15)4-6-7(11)2-3-8(12)9(6)13/h2-3,15H,4-5,14H2,1H3. The molecule has 0 aromatic heterocycles. The molecule has 5 heteroatoms. The molecule has 84 valence electrons. The maximum absolute atomic E-state index is 13.2. The molecule has 15 heavy (non-hydrogen) atoms. The number of halogens is 3. The van der Waals surface area contributed by atoms with Gasteiger partial charge in [-0.05, 0) is 25.5 Å². The van der Waals surface area contributed by atoms with Gasteiger partial charge >= 0.3 is 0 Å². The van der Waals surface area contributed by atoms with E-state index in [9.17, 15) is 13.2 Å². The van der Waals surface area contributed by atoms with E-state index in [-0.39, 0.29) is 6.42 Å². The topological polar surface area (TPSA) is 46.2 Å². The Balaban J connectivity index is 3.09. The molecule has 1 atom stereocenters. The number of rotatable bonds is 3. The molecular formula is C10H12F3NO. The lowest BCUT2D eigenvalue weighted by Crippen LogP contribution is -2.42. The molecule has 1 aromatic rings. The van der Waals surface area contributed by atoms with Gasteiger partial charge in [0, 0.05) is 11.1 Å². The third-order valence-electron chi connectivity index (χ3n) is 2.08. The Hall–Kier alpha value is -1.07. The Labute approximate surface area is 85.5 Å². The van der Waals surface area contributed by atoms with Crippen LogP contribution < -0.4 is 5.73 Å². The average molecular weight is 219 g/mol. The quantitative estimate of drug-likeness (QED) is 0.754. The Morgan fingerprint density at radius 2 is 1.80 bits per heavy atom. The minimum Gasteiger partial charge on any atom is -0.394 e. The van der Waals surface area contributed by atoms with Gasteiger partial charge in [0.25, 0.3) is 0 Å². The number of hydrogen-bond donors (Lipinski definition) is 2. The minimum atomic E-state index is -1.25. The van der Waals surface area contributed by atoms with Gasteiger partial charge in [-0.2, -0.15) is 0 Å². The van der Waals surface area contributed by atoms with Crippen LogP contribution in [0.15, 0.2) is 12.1 Å². The molecule has 0 amide bonds. The van der Waals surface area contributed by atoms with Crippen LogP contribution >= 0.6 is 0 Å². The van der Waals surface area contributed by atoms with Gasteiger partial charge in [0.1, 0.15) is 5.82 Å². The van der Waals surface area contributed by atoms with Gasteiger partial charge < -0.3 is 10.8 Å². The van der Waals surface area contributed by atoms with Crippen molar-refractivity contribution in [3.8, 4) is 0 Å². The zero-order valence-corrected chi connectivity index (χ0v) is 8.23. The summed E-state index contributed by atoms with van der Waals surface area (Å²) in [6.07, 6.45) is -0.265. The van der Waals surface area contributed by atoms with Gasteiger partial charge in [-0.25, -0.2) is 13.2 Å². The van der Waals surface area contributed by atoms with E-state index in [1.54, 1.807) is 0 Å². The van der Waals surface area contributed by atoms with Crippen LogP contribution in [0.25, 0.3) is 0 Å². The summed E-state index contributed by atoms with van der Waals surface area (Å²) < 4.78 is 39.1. The fourth-order valence-electron chi connectivity index (χ4n) is 1.19. The van der Waals surface area contributed by atoms with E-state index in [4.69, 9.17) is 10.8 Å². The molecule has 1 aromatic carbocycles. The van der Waals surface area contributed by atoms with E-state index in [1.165, 1.54) is 6.92 Å². The van der Waals surface area contributed by atoms with Gasteiger partial charge in [-0.3, -0.25) is 0 Å². The molecule has 0 bridgehead atoms.